The molecule has 1 rings (SSSR count). The quantitative estimate of drug-likeness (QED) is 0.491. The first-order chi connectivity index (χ1) is 6.22. The number of carbonyl (C=O) groups is 1. The number of nitrogens with zero attached hydrogens (tertiary/aromatic N) is 2. The van der Waals surface area contributed by atoms with Crippen molar-refractivity contribution in [2.24, 2.45) is 0 Å². The number of hydrogen-bond donors (Lipinski definition) is 0. The lowest BCUT2D eigenvalue weighted by atomic mass is 10.6. The van der Waals surface area contributed by atoms with Gasteiger partial charge in [-0.1, -0.05) is 0 Å². The molecule has 0 amide bonds. The molecule has 13 heavy (non-hydrogen) atoms. The highest BCUT2D eigenvalue weighted by Crippen LogP contribution is 2.00. The molecule has 0 bridgehead atoms. The van der Waals surface area contributed by atoms with Crippen molar-refractivity contribution in [2.45, 2.75) is 13.8 Å². The Morgan fingerprint density at radius 1 is 1.69 bits per heavy atom. The molecule has 0 fully saturated rings. The SMILES string of the molecule is CCOC(=O)C#Cc1nc(C)ns1. The van der Waals surface area contributed by atoms with Gasteiger partial charge in [0, 0.05) is 5.92 Å². The van der Waals surface area contributed by atoms with Crippen LogP contribution in [-0.4, -0.2) is 21.9 Å². The minimum Gasteiger partial charge on any atom is -0.456 e. The lowest BCUT2D eigenvalue weighted by Gasteiger charge is -1.89. The second-order valence-electron chi connectivity index (χ2n) is 2.12. The molecule has 0 aliphatic heterocycles. The van der Waals surface area contributed by atoms with Crippen molar-refractivity contribution in [3.8, 4) is 11.8 Å². The summed E-state index contributed by atoms with van der Waals surface area (Å²) in [7, 11) is 0. The highest BCUT2D eigenvalue weighted by molar-refractivity contribution is 7.06. The van der Waals surface area contributed by atoms with E-state index < -0.39 is 5.97 Å². The van der Waals surface area contributed by atoms with Crippen molar-refractivity contribution in [1.29, 1.82) is 0 Å². The molecule has 0 unspecified atom stereocenters. The summed E-state index contributed by atoms with van der Waals surface area (Å²) in [4.78, 5) is 14.8. The topological polar surface area (TPSA) is 52.1 Å². The van der Waals surface area contributed by atoms with Crippen LogP contribution in [0.4, 0.5) is 0 Å². The average molecular weight is 196 g/mol. The maximum atomic E-state index is 10.8. The number of carbonyl (C=O) groups excluding carboxylic acids is 1. The molecule has 0 N–H and O–H groups in total. The van der Waals surface area contributed by atoms with Crippen LogP contribution in [0, 0.1) is 18.8 Å². The monoisotopic (exact) mass is 196 g/mol. The molecule has 0 aromatic carbocycles. The Bertz CT molecular complexity index is 362. The molecular formula is C8H8N2O2S. The van der Waals surface area contributed by atoms with E-state index in [2.05, 4.69) is 25.9 Å². The lowest BCUT2D eigenvalue weighted by Crippen LogP contribution is -1.99. The van der Waals surface area contributed by atoms with E-state index in [4.69, 9.17) is 0 Å². The van der Waals surface area contributed by atoms with Crippen molar-refractivity contribution in [3.63, 3.8) is 0 Å². The van der Waals surface area contributed by atoms with Gasteiger partial charge in [-0.2, -0.15) is 4.37 Å². The predicted octanol–water partition coefficient (Wildman–Crippen LogP) is 0.761. The van der Waals surface area contributed by atoms with Crippen LogP contribution in [0.15, 0.2) is 0 Å². The van der Waals surface area contributed by atoms with Crippen LogP contribution in [0.2, 0.25) is 0 Å². The summed E-state index contributed by atoms with van der Waals surface area (Å²) in [6.45, 7) is 3.84. The van der Waals surface area contributed by atoms with Gasteiger partial charge in [-0.25, -0.2) is 9.78 Å². The van der Waals surface area contributed by atoms with E-state index in [9.17, 15) is 4.79 Å². The molecule has 1 heterocycles. The highest BCUT2D eigenvalue weighted by atomic mass is 32.1. The summed E-state index contributed by atoms with van der Waals surface area (Å²) in [5.41, 5.74) is 0. The van der Waals surface area contributed by atoms with Gasteiger partial charge in [-0.15, -0.1) is 0 Å². The van der Waals surface area contributed by atoms with Crippen molar-refractivity contribution < 1.29 is 9.53 Å². The minimum absolute atomic E-state index is 0.336. The molecule has 1 aromatic heterocycles. The maximum Gasteiger partial charge on any atom is 0.384 e. The van der Waals surface area contributed by atoms with E-state index in [1.54, 1.807) is 13.8 Å². The fraction of sp³-hybridized carbons (Fsp3) is 0.375. The van der Waals surface area contributed by atoms with E-state index in [1.807, 2.05) is 0 Å². The number of rotatable bonds is 1. The van der Waals surface area contributed by atoms with Crippen molar-refractivity contribution in [3.05, 3.63) is 10.8 Å². The first-order valence-electron chi connectivity index (χ1n) is 3.71. The minimum atomic E-state index is -0.532. The molecule has 0 spiro atoms. The normalized spacial score (nSPS) is 8.77. The summed E-state index contributed by atoms with van der Waals surface area (Å²) in [5.74, 6) is 5.01. The Kier molecular flexibility index (Phi) is 3.41. The number of aryl methyl sites for hydroxylation is 1. The first-order valence-corrected chi connectivity index (χ1v) is 4.48. The second kappa shape index (κ2) is 4.58. The van der Waals surface area contributed by atoms with E-state index in [1.165, 1.54) is 11.5 Å². The summed E-state index contributed by atoms with van der Waals surface area (Å²) in [6, 6.07) is 0. The molecule has 5 heteroatoms. The zero-order valence-corrected chi connectivity index (χ0v) is 8.14. The van der Waals surface area contributed by atoms with Crippen LogP contribution in [-0.2, 0) is 9.53 Å². The molecule has 0 aliphatic carbocycles. The zero-order chi connectivity index (χ0) is 9.68. The Labute approximate surface area is 80.1 Å². The Hall–Kier alpha value is -1.41. The van der Waals surface area contributed by atoms with Crippen LogP contribution in [0.5, 0.6) is 0 Å². The molecule has 0 saturated carbocycles. The number of ether oxygens (including phenoxy) is 1. The van der Waals surface area contributed by atoms with Gasteiger partial charge in [-0.3, -0.25) is 0 Å². The maximum absolute atomic E-state index is 10.8. The molecule has 0 saturated heterocycles. The van der Waals surface area contributed by atoms with Gasteiger partial charge < -0.3 is 4.74 Å². The number of esters is 1. The molecule has 4 nitrogen and oxygen atoms in total. The van der Waals surface area contributed by atoms with E-state index in [0.717, 1.165) is 0 Å². The fourth-order valence-corrected chi connectivity index (χ4v) is 1.15. The molecular weight excluding hydrogens is 188 g/mol. The smallest absolute Gasteiger partial charge is 0.384 e. The third-order valence-corrected chi connectivity index (χ3v) is 1.80. The van der Waals surface area contributed by atoms with Crippen molar-refractivity contribution in [2.75, 3.05) is 6.61 Å². The molecule has 1 aromatic rings. The summed E-state index contributed by atoms with van der Waals surface area (Å²) in [6.07, 6.45) is 0. The highest BCUT2D eigenvalue weighted by Gasteiger charge is 1.96. The van der Waals surface area contributed by atoms with Crippen molar-refractivity contribution in [1.82, 2.24) is 9.36 Å². The largest absolute Gasteiger partial charge is 0.456 e. The number of hydrogen-bond acceptors (Lipinski definition) is 5. The van der Waals surface area contributed by atoms with E-state index >= 15 is 0 Å². The summed E-state index contributed by atoms with van der Waals surface area (Å²) < 4.78 is 8.53. The standard InChI is InChI=1S/C8H8N2O2S/c1-3-12-8(11)5-4-7-9-6(2)10-13-7/h3H2,1-2H3. The Balaban J connectivity index is 2.62. The summed E-state index contributed by atoms with van der Waals surface area (Å²) in [5, 5.41) is 0.533. The van der Waals surface area contributed by atoms with Crippen LogP contribution >= 0.6 is 11.5 Å². The lowest BCUT2D eigenvalue weighted by molar-refractivity contribution is -0.136. The third kappa shape index (κ3) is 3.22. The van der Waals surface area contributed by atoms with E-state index in [-0.39, 0.29) is 0 Å². The zero-order valence-electron chi connectivity index (χ0n) is 7.33. The Morgan fingerprint density at radius 2 is 2.46 bits per heavy atom. The summed E-state index contributed by atoms with van der Waals surface area (Å²) >= 11 is 1.17. The van der Waals surface area contributed by atoms with Gasteiger partial charge in [0.15, 0.2) is 5.01 Å². The average Bonchev–Trinajstić information content (AvgIpc) is 2.49. The third-order valence-electron chi connectivity index (χ3n) is 1.07. The van der Waals surface area contributed by atoms with Crippen LogP contribution < -0.4 is 0 Å². The van der Waals surface area contributed by atoms with Gasteiger partial charge in [0.1, 0.15) is 5.82 Å². The van der Waals surface area contributed by atoms with Gasteiger partial charge in [0.05, 0.1) is 6.61 Å². The van der Waals surface area contributed by atoms with Crippen LogP contribution in [0.3, 0.4) is 0 Å². The fourth-order valence-electron chi connectivity index (χ4n) is 0.620. The molecule has 0 atom stereocenters. The van der Waals surface area contributed by atoms with E-state index in [0.29, 0.717) is 17.4 Å². The van der Waals surface area contributed by atoms with Crippen LogP contribution in [0.25, 0.3) is 0 Å². The molecule has 0 radical (unpaired) electrons. The first kappa shape index (κ1) is 9.68. The van der Waals surface area contributed by atoms with Gasteiger partial charge in [0.25, 0.3) is 0 Å². The Morgan fingerprint density at radius 3 is 3.00 bits per heavy atom. The van der Waals surface area contributed by atoms with Gasteiger partial charge >= 0.3 is 5.97 Å². The molecule has 0 aliphatic rings. The van der Waals surface area contributed by atoms with Gasteiger partial charge in [-0.05, 0) is 31.3 Å². The predicted molar refractivity (Wildman–Crippen MR) is 48.2 cm³/mol. The van der Waals surface area contributed by atoms with Gasteiger partial charge in [0.2, 0.25) is 0 Å². The second-order valence-corrected chi connectivity index (χ2v) is 2.87. The van der Waals surface area contributed by atoms with Crippen molar-refractivity contribution >= 4 is 17.5 Å². The van der Waals surface area contributed by atoms with Crippen LogP contribution in [0.1, 0.15) is 17.8 Å². The number of aromatic nitrogens is 2. The molecule has 68 valence electrons.